The van der Waals surface area contributed by atoms with Crippen molar-refractivity contribution in [3.05, 3.63) is 75.3 Å². The fourth-order valence-electron chi connectivity index (χ4n) is 2.77. The highest BCUT2D eigenvalue weighted by Gasteiger charge is 2.40. The monoisotopic (exact) mass is 326 g/mol. The fourth-order valence-corrected chi connectivity index (χ4v) is 3.04. The molecule has 0 unspecified atom stereocenters. The molecular weight excluding hydrogens is 312 g/mol. The lowest BCUT2D eigenvalue weighted by Crippen LogP contribution is -2.16. The van der Waals surface area contributed by atoms with Crippen molar-refractivity contribution in [3.63, 3.8) is 0 Å². The Hall–Kier alpha value is -1.67. The summed E-state index contributed by atoms with van der Waals surface area (Å²) in [6.07, 6.45) is 2.01. The summed E-state index contributed by atoms with van der Waals surface area (Å²) in [5, 5.41) is 0. The zero-order valence-corrected chi connectivity index (χ0v) is 13.1. The van der Waals surface area contributed by atoms with Gasteiger partial charge >= 0.3 is 0 Å². The first-order valence-electron chi connectivity index (χ1n) is 6.62. The van der Waals surface area contributed by atoms with Crippen LogP contribution in [0.25, 0.3) is 6.08 Å². The number of carbonyl (C=O) groups is 1. The number of hydrogen-bond acceptors (Lipinski definition) is 1. The molecule has 0 radical (unpaired) electrons. The molecule has 0 atom stereocenters. The second-order valence-corrected chi connectivity index (χ2v) is 6.52. The van der Waals surface area contributed by atoms with E-state index in [1.165, 1.54) is 0 Å². The Bertz CT molecular complexity index is 708. The predicted molar refractivity (Wildman–Crippen MR) is 85.9 cm³/mol. The van der Waals surface area contributed by atoms with E-state index in [2.05, 4.69) is 35.8 Å². The summed E-state index contributed by atoms with van der Waals surface area (Å²) in [5.74, 6) is 0.147. The van der Waals surface area contributed by atoms with Gasteiger partial charge in [-0.2, -0.15) is 0 Å². The molecule has 2 aromatic rings. The molecule has 0 saturated carbocycles. The summed E-state index contributed by atoms with van der Waals surface area (Å²) in [7, 11) is 0. The third kappa shape index (κ3) is 2.04. The Morgan fingerprint density at radius 1 is 1.00 bits per heavy atom. The molecule has 1 nitrogen and oxygen atoms in total. The van der Waals surface area contributed by atoms with Gasteiger partial charge in [-0.05, 0) is 29.3 Å². The van der Waals surface area contributed by atoms with Crippen molar-refractivity contribution in [2.24, 2.45) is 0 Å². The minimum atomic E-state index is -0.235. The molecule has 0 aromatic heterocycles. The largest absolute Gasteiger partial charge is 0.289 e. The van der Waals surface area contributed by atoms with Crippen LogP contribution in [0, 0.1) is 0 Å². The Morgan fingerprint density at radius 3 is 2.30 bits per heavy atom. The highest BCUT2D eigenvalue weighted by molar-refractivity contribution is 9.10. The molecule has 0 fully saturated rings. The molecule has 3 rings (SSSR count). The first-order valence-corrected chi connectivity index (χ1v) is 7.41. The SMILES string of the molecule is CC1(C)C(=Cc2ccc(Br)cc2)C(=O)c2ccccc21. The molecule has 1 aliphatic rings. The second kappa shape index (κ2) is 4.71. The van der Waals surface area contributed by atoms with E-state index < -0.39 is 0 Å². The number of benzene rings is 2. The number of hydrogen-bond donors (Lipinski definition) is 0. The Labute approximate surface area is 127 Å². The average molecular weight is 327 g/mol. The molecule has 0 saturated heterocycles. The quantitative estimate of drug-likeness (QED) is 0.673. The first kappa shape index (κ1) is 13.3. The second-order valence-electron chi connectivity index (χ2n) is 5.61. The Morgan fingerprint density at radius 2 is 1.65 bits per heavy atom. The number of ketones is 1. The summed E-state index contributed by atoms with van der Waals surface area (Å²) in [6, 6.07) is 15.9. The van der Waals surface area contributed by atoms with Gasteiger partial charge in [-0.1, -0.05) is 66.2 Å². The maximum Gasteiger partial charge on any atom is 0.190 e. The molecule has 0 aliphatic heterocycles. The molecule has 2 aromatic carbocycles. The summed E-state index contributed by atoms with van der Waals surface area (Å²) < 4.78 is 1.04. The van der Waals surface area contributed by atoms with Crippen LogP contribution in [-0.2, 0) is 5.41 Å². The van der Waals surface area contributed by atoms with E-state index in [1.807, 2.05) is 48.5 Å². The molecule has 0 spiro atoms. The van der Waals surface area contributed by atoms with Crippen LogP contribution in [0.15, 0.2) is 58.6 Å². The van der Waals surface area contributed by atoms with E-state index in [0.29, 0.717) is 0 Å². The fraction of sp³-hybridized carbons (Fsp3) is 0.167. The van der Waals surface area contributed by atoms with Crippen molar-refractivity contribution in [2.75, 3.05) is 0 Å². The van der Waals surface area contributed by atoms with Crippen molar-refractivity contribution in [1.82, 2.24) is 0 Å². The minimum Gasteiger partial charge on any atom is -0.289 e. The molecule has 1 aliphatic carbocycles. The van der Waals surface area contributed by atoms with Crippen LogP contribution in [0.2, 0.25) is 0 Å². The lowest BCUT2D eigenvalue weighted by Gasteiger charge is -2.20. The van der Waals surface area contributed by atoms with Gasteiger partial charge < -0.3 is 0 Å². The molecular formula is C18H15BrO. The molecule has 2 heteroatoms. The smallest absolute Gasteiger partial charge is 0.190 e. The number of Topliss-reactive ketones (excluding diaryl/α,β-unsaturated/α-hetero) is 1. The van der Waals surface area contributed by atoms with Crippen LogP contribution < -0.4 is 0 Å². The normalized spacial score (nSPS) is 18.4. The van der Waals surface area contributed by atoms with Gasteiger partial charge in [-0.15, -0.1) is 0 Å². The zero-order chi connectivity index (χ0) is 14.3. The molecule has 0 bridgehead atoms. The van der Waals surface area contributed by atoms with Gasteiger partial charge in [0.15, 0.2) is 5.78 Å². The van der Waals surface area contributed by atoms with Crippen molar-refractivity contribution in [3.8, 4) is 0 Å². The number of halogens is 1. The number of fused-ring (bicyclic) bond motifs is 1. The highest BCUT2D eigenvalue weighted by atomic mass is 79.9. The minimum absolute atomic E-state index is 0.147. The van der Waals surface area contributed by atoms with E-state index in [9.17, 15) is 4.79 Å². The molecule has 0 amide bonds. The van der Waals surface area contributed by atoms with Crippen molar-refractivity contribution >= 4 is 27.8 Å². The van der Waals surface area contributed by atoms with Gasteiger partial charge in [0.05, 0.1) is 0 Å². The Balaban J connectivity index is 2.12. The van der Waals surface area contributed by atoms with Gasteiger partial charge in [-0.25, -0.2) is 0 Å². The van der Waals surface area contributed by atoms with Gasteiger partial charge in [0.25, 0.3) is 0 Å². The van der Waals surface area contributed by atoms with E-state index >= 15 is 0 Å². The van der Waals surface area contributed by atoms with Crippen LogP contribution in [-0.4, -0.2) is 5.78 Å². The zero-order valence-electron chi connectivity index (χ0n) is 11.5. The number of carbonyl (C=O) groups excluding carboxylic acids is 1. The lowest BCUT2D eigenvalue weighted by molar-refractivity contribution is 0.103. The van der Waals surface area contributed by atoms with Crippen LogP contribution in [0.1, 0.15) is 35.3 Å². The Kier molecular flexibility index (Phi) is 3.14. The number of allylic oxidation sites excluding steroid dienone is 1. The van der Waals surface area contributed by atoms with Gasteiger partial charge in [0.1, 0.15) is 0 Å². The van der Waals surface area contributed by atoms with Gasteiger partial charge in [0, 0.05) is 21.0 Å². The third-order valence-corrected chi connectivity index (χ3v) is 4.47. The summed E-state index contributed by atoms with van der Waals surface area (Å²) in [4.78, 5) is 12.6. The van der Waals surface area contributed by atoms with Crippen LogP contribution in [0.5, 0.6) is 0 Å². The van der Waals surface area contributed by atoms with Crippen molar-refractivity contribution in [2.45, 2.75) is 19.3 Å². The molecule has 20 heavy (non-hydrogen) atoms. The molecule has 0 N–H and O–H groups in total. The van der Waals surface area contributed by atoms with Gasteiger partial charge in [0.2, 0.25) is 0 Å². The van der Waals surface area contributed by atoms with Crippen molar-refractivity contribution < 1.29 is 4.79 Å². The first-order chi connectivity index (χ1) is 9.50. The van der Waals surface area contributed by atoms with Crippen LogP contribution >= 0.6 is 15.9 Å². The standard InChI is InChI=1S/C18H15BrO/c1-18(2)15-6-4-3-5-14(15)17(20)16(18)11-12-7-9-13(19)10-8-12/h3-11H,1-2H3. The highest BCUT2D eigenvalue weighted by Crippen LogP contribution is 2.43. The van der Waals surface area contributed by atoms with E-state index in [1.54, 1.807) is 0 Å². The molecule has 0 heterocycles. The van der Waals surface area contributed by atoms with Crippen molar-refractivity contribution in [1.29, 1.82) is 0 Å². The summed E-state index contributed by atoms with van der Waals surface area (Å²) in [5.41, 5.74) is 3.63. The summed E-state index contributed by atoms with van der Waals surface area (Å²) >= 11 is 3.43. The average Bonchev–Trinajstić information content (AvgIpc) is 2.63. The third-order valence-electron chi connectivity index (χ3n) is 3.94. The number of rotatable bonds is 1. The maximum atomic E-state index is 12.6. The lowest BCUT2D eigenvalue weighted by atomic mass is 9.82. The summed E-state index contributed by atoms with van der Waals surface area (Å²) in [6.45, 7) is 4.23. The van der Waals surface area contributed by atoms with Crippen LogP contribution in [0.4, 0.5) is 0 Å². The molecule has 100 valence electrons. The van der Waals surface area contributed by atoms with E-state index in [0.717, 1.165) is 26.7 Å². The van der Waals surface area contributed by atoms with E-state index in [4.69, 9.17) is 0 Å². The van der Waals surface area contributed by atoms with Crippen LogP contribution in [0.3, 0.4) is 0 Å². The topological polar surface area (TPSA) is 17.1 Å². The maximum absolute atomic E-state index is 12.6. The predicted octanol–water partition coefficient (Wildman–Crippen LogP) is 5.01. The van der Waals surface area contributed by atoms with E-state index in [-0.39, 0.29) is 11.2 Å². The van der Waals surface area contributed by atoms with Gasteiger partial charge in [-0.3, -0.25) is 4.79 Å².